The van der Waals surface area contributed by atoms with Gasteiger partial charge < -0.3 is 15.0 Å². The van der Waals surface area contributed by atoms with E-state index in [1.165, 1.54) is 0 Å². The molecule has 1 unspecified atom stereocenters. The minimum absolute atomic E-state index is 0.0563. The van der Waals surface area contributed by atoms with E-state index in [1.807, 2.05) is 6.92 Å². The Bertz CT molecular complexity index is 268. The minimum atomic E-state index is -0.305. The van der Waals surface area contributed by atoms with Crippen molar-refractivity contribution in [3.63, 3.8) is 0 Å². The first-order chi connectivity index (χ1) is 8.19. The van der Waals surface area contributed by atoms with Crippen LogP contribution in [0.1, 0.15) is 33.1 Å². The molecule has 0 aliphatic carbocycles. The smallest absolute Gasteiger partial charge is 0.409 e. The number of nitrogens with one attached hydrogen (secondary N) is 1. The Morgan fingerprint density at radius 1 is 1.41 bits per heavy atom. The standard InChI is InChI=1S/C12H22N2O3/c1-3-7-13-11(15)10-6-5-8-14(9-10)12(16)17-4-2/h10H,3-9H2,1-2H3,(H,13,15). The highest BCUT2D eigenvalue weighted by molar-refractivity contribution is 5.79. The molecule has 0 radical (unpaired) electrons. The number of hydrogen-bond donors (Lipinski definition) is 1. The van der Waals surface area contributed by atoms with Gasteiger partial charge in [0.15, 0.2) is 0 Å². The summed E-state index contributed by atoms with van der Waals surface area (Å²) in [5, 5.41) is 2.88. The summed E-state index contributed by atoms with van der Waals surface area (Å²) in [6.07, 6.45) is 2.34. The van der Waals surface area contributed by atoms with Crippen molar-refractivity contribution in [1.29, 1.82) is 0 Å². The Kier molecular flexibility index (Phi) is 5.80. The van der Waals surface area contributed by atoms with E-state index in [-0.39, 0.29) is 17.9 Å². The molecule has 0 bridgehead atoms. The molecule has 1 fully saturated rings. The lowest BCUT2D eigenvalue weighted by Gasteiger charge is -2.31. The summed E-state index contributed by atoms with van der Waals surface area (Å²) in [4.78, 5) is 25.0. The summed E-state index contributed by atoms with van der Waals surface area (Å²) < 4.78 is 4.95. The van der Waals surface area contributed by atoms with E-state index in [2.05, 4.69) is 5.32 Å². The van der Waals surface area contributed by atoms with Gasteiger partial charge in [-0.15, -0.1) is 0 Å². The van der Waals surface area contributed by atoms with Crippen molar-refractivity contribution < 1.29 is 14.3 Å². The monoisotopic (exact) mass is 242 g/mol. The SMILES string of the molecule is CCCNC(=O)C1CCCN(C(=O)OCC)C1. The fourth-order valence-corrected chi connectivity index (χ4v) is 1.96. The molecule has 1 atom stereocenters. The minimum Gasteiger partial charge on any atom is -0.450 e. The number of nitrogens with zero attached hydrogens (tertiary/aromatic N) is 1. The largest absolute Gasteiger partial charge is 0.450 e. The van der Waals surface area contributed by atoms with Gasteiger partial charge >= 0.3 is 6.09 Å². The van der Waals surface area contributed by atoms with Crippen molar-refractivity contribution in [2.45, 2.75) is 33.1 Å². The van der Waals surface area contributed by atoms with Gasteiger partial charge in [-0.2, -0.15) is 0 Å². The normalized spacial score (nSPS) is 19.9. The number of likely N-dealkylation sites (tertiary alicyclic amines) is 1. The Morgan fingerprint density at radius 2 is 2.18 bits per heavy atom. The predicted molar refractivity (Wildman–Crippen MR) is 64.6 cm³/mol. The van der Waals surface area contributed by atoms with Crippen molar-refractivity contribution in [3.05, 3.63) is 0 Å². The third kappa shape index (κ3) is 4.24. The molecule has 0 aromatic heterocycles. The van der Waals surface area contributed by atoms with Crippen LogP contribution in [0, 0.1) is 5.92 Å². The highest BCUT2D eigenvalue weighted by Gasteiger charge is 2.28. The second-order valence-corrected chi connectivity index (χ2v) is 4.28. The van der Waals surface area contributed by atoms with Gasteiger partial charge in [-0.05, 0) is 26.2 Å². The van der Waals surface area contributed by atoms with Crippen molar-refractivity contribution in [2.75, 3.05) is 26.2 Å². The topological polar surface area (TPSA) is 58.6 Å². The average molecular weight is 242 g/mol. The summed E-state index contributed by atoms with van der Waals surface area (Å²) in [7, 11) is 0. The van der Waals surface area contributed by atoms with Gasteiger partial charge in [0.2, 0.25) is 5.91 Å². The number of amides is 2. The third-order valence-corrected chi connectivity index (χ3v) is 2.87. The lowest BCUT2D eigenvalue weighted by Crippen LogP contribution is -2.45. The van der Waals surface area contributed by atoms with E-state index in [9.17, 15) is 9.59 Å². The van der Waals surface area contributed by atoms with E-state index in [0.29, 0.717) is 26.2 Å². The zero-order valence-electron chi connectivity index (χ0n) is 10.7. The van der Waals surface area contributed by atoms with E-state index < -0.39 is 0 Å². The third-order valence-electron chi connectivity index (χ3n) is 2.87. The maximum Gasteiger partial charge on any atom is 0.409 e. The first-order valence-electron chi connectivity index (χ1n) is 6.38. The van der Waals surface area contributed by atoms with Crippen molar-refractivity contribution in [3.8, 4) is 0 Å². The lowest BCUT2D eigenvalue weighted by atomic mass is 9.97. The summed E-state index contributed by atoms with van der Waals surface area (Å²) >= 11 is 0. The van der Waals surface area contributed by atoms with E-state index in [1.54, 1.807) is 11.8 Å². The predicted octanol–water partition coefficient (Wildman–Crippen LogP) is 1.38. The highest BCUT2D eigenvalue weighted by Crippen LogP contribution is 2.17. The second kappa shape index (κ2) is 7.14. The van der Waals surface area contributed by atoms with E-state index >= 15 is 0 Å². The Balaban J connectivity index is 2.42. The zero-order chi connectivity index (χ0) is 12.7. The van der Waals surface area contributed by atoms with Crippen molar-refractivity contribution in [1.82, 2.24) is 10.2 Å². The first-order valence-corrected chi connectivity index (χ1v) is 6.38. The summed E-state index contributed by atoms with van der Waals surface area (Å²) in [5.41, 5.74) is 0. The Labute approximate surface area is 102 Å². The quantitative estimate of drug-likeness (QED) is 0.810. The highest BCUT2D eigenvalue weighted by atomic mass is 16.6. The molecule has 1 aliphatic rings. The number of hydrogen-bond acceptors (Lipinski definition) is 3. The lowest BCUT2D eigenvalue weighted by molar-refractivity contribution is -0.126. The van der Waals surface area contributed by atoms with Crippen molar-refractivity contribution >= 4 is 12.0 Å². The molecule has 0 aromatic rings. The van der Waals surface area contributed by atoms with Crippen LogP contribution in [-0.2, 0) is 9.53 Å². The molecule has 98 valence electrons. The van der Waals surface area contributed by atoms with Gasteiger partial charge in [-0.1, -0.05) is 6.92 Å². The molecule has 5 heteroatoms. The zero-order valence-corrected chi connectivity index (χ0v) is 10.7. The Morgan fingerprint density at radius 3 is 2.82 bits per heavy atom. The van der Waals surface area contributed by atoms with Crippen LogP contribution in [0.5, 0.6) is 0 Å². The molecule has 2 amide bonds. The van der Waals surface area contributed by atoms with Gasteiger partial charge in [-0.3, -0.25) is 4.79 Å². The summed E-state index contributed by atoms with van der Waals surface area (Å²) in [5.74, 6) is -0.0273. The van der Waals surface area contributed by atoms with Gasteiger partial charge in [0, 0.05) is 19.6 Å². The van der Waals surface area contributed by atoms with Crippen LogP contribution in [0.2, 0.25) is 0 Å². The van der Waals surface area contributed by atoms with Crippen LogP contribution < -0.4 is 5.32 Å². The summed E-state index contributed by atoms with van der Waals surface area (Å²) in [6, 6.07) is 0. The molecule has 17 heavy (non-hydrogen) atoms. The summed E-state index contributed by atoms with van der Waals surface area (Å²) in [6.45, 7) is 6.06. The number of piperidine rings is 1. The van der Waals surface area contributed by atoms with Crippen molar-refractivity contribution in [2.24, 2.45) is 5.92 Å². The molecular weight excluding hydrogens is 220 g/mol. The van der Waals surface area contributed by atoms with Gasteiger partial charge in [-0.25, -0.2) is 4.79 Å². The van der Waals surface area contributed by atoms with Gasteiger partial charge in [0.1, 0.15) is 0 Å². The fraction of sp³-hybridized carbons (Fsp3) is 0.833. The number of carbonyl (C=O) groups is 2. The molecule has 0 spiro atoms. The van der Waals surface area contributed by atoms with Crippen LogP contribution in [0.3, 0.4) is 0 Å². The number of rotatable bonds is 4. The molecule has 1 aliphatic heterocycles. The van der Waals surface area contributed by atoms with Crippen LogP contribution in [0.25, 0.3) is 0 Å². The van der Waals surface area contributed by atoms with Crippen LogP contribution in [0.4, 0.5) is 4.79 Å². The van der Waals surface area contributed by atoms with Crippen LogP contribution in [-0.4, -0.2) is 43.1 Å². The average Bonchev–Trinajstić information content (AvgIpc) is 2.36. The molecule has 5 nitrogen and oxygen atoms in total. The number of ether oxygens (including phenoxy) is 1. The molecule has 1 N–H and O–H groups in total. The maximum atomic E-state index is 11.8. The second-order valence-electron chi connectivity index (χ2n) is 4.28. The van der Waals surface area contributed by atoms with E-state index in [0.717, 1.165) is 19.3 Å². The molecule has 1 saturated heterocycles. The van der Waals surface area contributed by atoms with Crippen LogP contribution >= 0.6 is 0 Å². The molecule has 1 rings (SSSR count). The van der Waals surface area contributed by atoms with Crippen LogP contribution in [0.15, 0.2) is 0 Å². The number of carbonyl (C=O) groups excluding carboxylic acids is 2. The molecule has 0 aromatic carbocycles. The fourth-order valence-electron chi connectivity index (χ4n) is 1.96. The molecule has 1 heterocycles. The van der Waals surface area contributed by atoms with Gasteiger partial charge in [0.25, 0.3) is 0 Å². The molecular formula is C12H22N2O3. The van der Waals surface area contributed by atoms with Gasteiger partial charge in [0.05, 0.1) is 12.5 Å². The molecule has 0 saturated carbocycles. The maximum absolute atomic E-state index is 11.8. The van der Waals surface area contributed by atoms with E-state index in [4.69, 9.17) is 4.74 Å². The first kappa shape index (κ1) is 13.8. The Hall–Kier alpha value is -1.26.